The molecule has 4 rings (SSSR count). The molecule has 2 N–H and O–H groups in total. The first kappa shape index (κ1) is 20.5. The third kappa shape index (κ3) is 4.07. The molecule has 3 heterocycles. The smallest absolute Gasteiger partial charge is 0.256 e. The van der Waals surface area contributed by atoms with Crippen LogP contribution in [0.2, 0.25) is 0 Å². The minimum absolute atomic E-state index is 0.141. The average Bonchev–Trinajstić information content (AvgIpc) is 3.09. The molecule has 1 fully saturated rings. The van der Waals surface area contributed by atoms with Crippen LogP contribution in [0.1, 0.15) is 55.2 Å². The summed E-state index contributed by atoms with van der Waals surface area (Å²) in [7, 11) is -3.49. The lowest BCUT2D eigenvalue weighted by Gasteiger charge is -2.35. The standard InChI is InChI=1S/C21H27N5O3S/c1-14-13-26-20(22-15(14)2)12-18(23-26)19-10-6-7-11-25(19)21(27)16-8-4-5-9-17(16)24-30(3,28)29/h4-5,8-9,12,19,22,24H,6-7,10-11,13H2,1-3H3/t19-/m0/s1. The van der Waals surface area contributed by atoms with Gasteiger partial charge in [0.25, 0.3) is 5.91 Å². The Bertz CT molecular complexity index is 1090. The summed E-state index contributed by atoms with van der Waals surface area (Å²) in [6.45, 7) is 5.47. The Hall–Kier alpha value is -2.81. The lowest BCUT2D eigenvalue weighted by atomic mass is 9.98. The number of allylic oxidation sites excluding steroid dienone is 2. The first-order valence-electron chi connectivity index (χ1n) is 10.1. The van der Waals surface area contributed by atoms with Crippen LogP contribution in [-0.2, 0) is 16.6 Å². The monoisotopic (exact) mass is 429 g/mol. The van der Waals surface area contributed by atoms with Crippen LogP contribution in [0.3, 0.4) is 0 Å². The van der Waals surface area contributed by atoms with E-state index < -0.39 is 10.0 Å². The third-order valence-corrected chi connectivity index (χ3v) is 6.29. The number of hydrogen-bond acceptors (Lipinski definition) is 5. The van der Waals surface area contributed by atoms with Crippen molar-refractivity contribution in [3.63, 3.8) is 0 Å². The van der Waals surface area contributed by atoms with Gasteiger partial charge in [0.1, 0.15) is 5.82 Å². The molecule has 8 nitrogen and oxygen atoms in total. The maximum Gasteiger partial charge on any atom is 0.256 e. The predicted molar refractivity (Wildman–Crippen MR) is 117 cm³/mol. The zero-order valence-electron chi connectivity index (χ0n) is 17.5. The molecule has 2 aliphatic rings. The number of benzene rings is 1. The van der Waals surface area contributed by atoms with Crippen LogP contribution < -0.4 is 10.0 Å². The fourth-order valence-electron chi connectivity index (χ4n) is 4.06. The van der Waals surface area contributed by atoms with E-state index in [-0.39, 0.29) is 11.9 Å². The van der Waals surface area contributed by atoms with E-state index in [0.717, 1.165) is 49.3 Å². The van der Waals surface area contributed by atoms with Crippen LogP contribution in [-0.4, -0.2) is 41.8 Å². The minimum Gasteiger partial charge on any atom is -0.344 e. The number of carbonyl (C=O) groups excluding carboxylic acids is 1. The highest BCUT2D eigenvalue weighted by Crippen LogP contribution is 2.35. The van der Waals surface area contributed by atoms with Crippen molar-refractivity contribution in [1.29, 1.82) is 0 Å². The number of sulfonamides is 1. The van der Waals surface area contributed by atoms with Crippen molar-refractivity contribution in [2.45, 2.75) is 45.7 Å². The first-order chi connectivity index (χ1) is 14.2. The lowest BCUT2D eigenvalue weighted by molar-refractivity contribution is 0.0606. The Balaban J connectivity index is 1.65. The van der Waals surface area contributed by atoms with Crippen LogP contribution in [0, 0.1) is 0 Å². The molecule has 30 heavy (non-hydrogen) atoms. The van der Waals surface area contributed by atoms with Crippen LogP contribution in [0.15, 0.2) is 41.6 Å². The van der Waals surface area contributed by atoms with E-state index in [4.69, 9.17) is 5.10 Å². The molecule has 2 aliphatic heterocycles. The van der Waals surface area contributed by atoms with E-state index >= 15 is 0 Å². The molecule has 0 unspecified atom stereocenters. The van der Waals surface area contributed by atoms with Gasteiger partial charge in [-0.15, -0.1) is 0 Å². The molecule has 0 radical (unpaired) electrons. The van der Waals surface area contributed by atoms with Crippen molar-refractivity contribution in [2.24, 2.45) is 0 Å². The predicted octanol–water partition coefficient (Wildman–Crippen LogP) is 3.34. The van der Waals surface area contributed by atoms with Crippen molar-refractivity contribution >= 4 is 27.4 Å². The summed E-state index contributed by atoms with van der Waals surface area (Å²) in [6, 6.07) is 8.62. The van der Waals surface area contributed by atoms with E-state index in [1.165, 1.54) is 5.57 Å². The Labute approximate surface area is 177 Å². The SMILES string of the molecule is CC1=C(C)Nc2cc([C@@H]3CCCCN3C(=O)c3ccccc3NS(C)(=O)=O)nn2C1. The van der Waals surface area contributed by atoms with Crippen LogP contribution in [0.4, 0.5) is 11.5 Å². The highest BCUT2D eigenvalue weighted by Gasteiger charge is 2.32. The summed E-state index contributed by atoms with van der Waals surface area (Å²) in [6.07, 6.45) is 3.84. The molecular weight excluding hydrogens is 402 g/mol. The van der Waals surface area contributed by atoms with Gasteiger partial charge in [-0.2, -0.15) is 5.10 Å². The van der Waals surface area contributed by atoms with Crippen molar-refractivity contribution < 1.29 is 13.2 Å². The van der Waals surface area contributed by atoms with Gasteiger partial charge in [0.15, 0.2) is 0 Å². The van der Waals surface area contributed by atoms with Gasteiger partial charge in [0, 0.05) is 18.3 Å². The normalized spacial score (nSPS) is 19.3. The zero-order chi connectivity index (χ0) is 21.5. The fourth-order valence-corrected chi connectivity index (χ4v) is 4.64. The number of likely N-dealkylation sites (tertiary alicyclic amines) is 1. The first-order valence-corrected chi connectivity index (χ1v) is 12.0. The van der Waals surface area contributed by atoms with Crippen molar-refractivity contribution in [2.75, 3.05) is 22.8 Å². The fraction of sp³-hybridized carbons (Fsp3) is 0.429. The topological polar surface area (TPSA) is 96.3 Å². The molecule has 0 aliphatic carbocycles. The Morgan fingerprint density at radius 1 is 1.23 bits per heavy atom. The highest BCUT2D eigenvalue weighted by molar-refractivity contribution is 7.92. The number of carbonyl (C=O) groups is 1. The number of nitrogens with zero attached hydrogens (tertiary/aromatic N) is 3. The second kappa shape index (κ2) is 7.79. The summed E-state index contributed by atoms with van der Waals surface area (Å²) < 4.78 is 27.9. The van der Waals surface area contributed by atoms with Gasteiger partial charge in [-0.05, 0) is 50.8 Å². The quantitative estimate of drug-likeness (QED) is 0.777. The van der Waals surface area contributed by atoms with E-state index in [0.29, 0.717) is 17.8 Å². The second-order valence-electron chi connectivity index (χ2n) is 8.07. The average molecular weight is 430 g/mol. The molecule has 0 spiro atoms. The molecule has 2 aromatic rings. The lowest BCUT2D eigenvalue weighted by Crippen LogP contribution is -2.39. The maximum absolute atomic E-state index is 13.5. The Morgan fingerprint density at radius 2 is 2.00 bits per heavy atom. The number of fused-ring (bicyclic) bond motifs is 1. The number of aromatic nitrogens is 2. The summed E-state index contributed by atoms with van der Waals surface area (Å²) in [5.74, 6) is 0.751. The highest BCUT2D eigenvalue weighted by atomic mass is 32.2. The van der Waals surface area contributed by atoms with E-state index in [1.54, 1.807) is 24.3 Å². The van der Waals surface area contributed by atoms with Crippen LogP contribution >= 0.6 is 0 Å². The summed E-state index contributed by atoms with van der Waals surface area (Å²) >= 11 is 0. The van der Waals surface area contributed by atoms with Crippen LogP contribution in [0.5, 0.6) is 0 Å². The number of nitrogens with one attached hydrogen (secondary N) is 2. The number of amides is 1. The van der Waals surface area contributed by atoms with E-state index in [2.05, 4.69) is 17.0 Å². The Morgan fingerprint density at radius 3 is 2.77 bits per heavy atom. The van der Waals surface area contributed by atoms with Gasteiger partial charge in [0.05, 0.1) is 35.8 Å². The molecular formula is C21H27N5O3S. The molecule has 0 bridgehead atoms. The molecule has 1 aromatic carbocycles. The summed E-state index contributed by atoms with van der Waals surface area (Å²) in [5.41, 5.74) is 3.88. The van der Waals surface area contributed by atoms with Gasteiger partial charge in [-0.1, -0.05) is 12.1 Å². The van der Waals surface area contributed by atoms with Gasteiger partial charge >= 0.3 is 0 Å². The Kier molecular flexibility index (Phi) is 5.31. The molecule has 1 saturated heterocycles. The van der Waals surface area contributed by atoms with E-state index in [1.807, 2.05) is 22.6 Å². The largest absolute Gasteiger partial charge is 0.344 e. The zero-order valence-corrected chi connectivity index (χ0v) is 18.3. The molecule has 160 valence electrons. The molecule has 1 amide bonds. The number of para-hydroxylation sites is 1. The maximum atomic E-state index is 13.5. The second-order valence-corrected chi connectivity index (χ2v) is 9.82. The number of rotatable bonds is 4. The summed E-state index contributed by atoms with van der Waals surface area (Å²) in [4.78, 5) is 15.3. The molecule has 1 aromatic heterocycles. The van der Waals surface area contributed by atoms with Crippen molar-refractivity contribution in [3.8, 4) is 0 Å². The minimum atomic E-state index is -3.49. The third-order valence-electron chi connectivity index (χ3n) is 5.70. The number of piperidine rings is 1. The van der Waals surface area contributed by atoms with Gasteiger partial charge in [-0.3, -0.25) is 9.52 Å². The van der Waals surface area contributed by atoms with Crippen molar-refractivity contribution in [3.05, 3.63) is 52.9 Å². The van der Waals surface area contributed by atoms with Crippen LogP contribution in [0.25, 0.3) is 0 Å². The van der Waals surface area contributed by atoms with Gasteiger partial charge < -0.3 is 10.2 Å². The van der Waals surface area contributed by atoms with Gasteiger partial charge in [0.2, 0.25) is 10.0 Å². The summed E-state index contributed by atoms with van der Waals surface area (Å²) in [5, 5.41) is 8.16. The molecule has 9 heteroatoms. The molecule has 0 saturated carbocycles. The van der Waals surface area contributed by atoms with Crippen molar-refractivity contribution in [1.82, 2.24) is 14.7 Å². The number of anilines is 2. The van der Waals surface area contributed by atoms with E-state index in [9.17, 15) is 13.2 Å². The van der Waals surface area contributed by atoms with Gasteiger partial charge in [-0.25, -0.2) is 13.1 Å². The number of hydrogen-bond donors (Lipinski definition) is 2. The molecule has 1 atom stereocenters.